The van der Waals surface area contributed by atoms with E-state index in [2.05, 4.69) is 4.72 Å². The highest BCUT2D eigenvalue weighted by atomic mass is 32.2. The van der Waals surface area contributed by atoms with E-state index in [4.69, 9.17) is 0 Å². The SMILES string of the molecule is Cc1ccc(S(=O)(=O)NCC(C)(C)C=O)cc1. The number of hydrogen-bond acceptors (Lipinski definition) is 3. The second-order valence-electron chi connectivity index (χ2n) is 4.74. The zero-order valence-electron chi connectivity index (χ0n) is 10.2. The normalized spacial score (nSPS) is 12.4. The van der Waals surface area contributed by atoms with Gasteiger partial charge < -0.3 is 4.79 Å². The van der Waals surface area contributed by atoms with Gasteiger partial charge in [-0.2, -0.15) is 0 Å². The van der Waals surface area contributed by atoms with Gasteiger partial charge in [-0.25, -0.2) is 13.1 Å². The molecule has 0 aromatic heterocycles. The van der Waals surface area contributed by atoms with Crippen molar-refractivity contribution in [3.8, 4) is 0 Å². The standard InChI is InChI=1S/C12H17NO3S/c1-10-4-6-11(7-5-10)17(15,16)13-8-12(2,3)9-14/h4-7,9,13H,8H2,1-3H3. The Hall–Kier alpha value is -1.20. The fraction of sp³-hybridized carbons (Fsp3) is 0.417. The Morgan fingerprint density at radius 1 is 1.24 bits per heavy atom. The molecule has 17 heavy (non-hydrogen) atoms. The molecule has 0 saturated heterocycles. The van der Waals surface area contributed by atoms with Crippen molar-refractivity contribution >= 4 is 16.3 Å². The minimum Gasteiger partial charge on any atom is -0.303 e. The summed E-state index contributed by atoms with van der Waals surface area (Å²) in [6.07, 6.45) is 0.741. The number of rotatable bonds is 5. The minimum atomic E-state index is -3.53. The minimum absolute atomic E-state index is 0.0900. The van der Waals surface area contributed by atoms with Crippen molar-refractivity contribution < 1.29 is 13.2 Å². The lowest BCUT2D eigenvalue weighted by atomic mass is 9.97. The van der Waals surface area contributed by atoms with Crippen LogP contribution in [0.5, 0.6) is 0 Å². The van der Waals surface area contributed by atoms with E-state index in [9.17, 15) is 13.2 Å². The maximum Gasteiger partial charge on any atom is 0.240 e. The molecule has 94 valence electrons. The highest BCUT2D eigenvalue weighted by Gasteiger charge is 2.21. The van der Waals surface area contributed by atoms with Gasteiger partial charge in [0.15, 0.2) is 0 Å². The fourth-order valence-electron chi connectivity index (χ4n) is 1.12. The maximum atomic E-state index is 11.9. The summed E-state index contributed by atoms with van der Waals surface area (Å²) in [5.74, 6) is 0. The molecule has 0 radical (unpaired) electrons. The summed E-state index contributed by atoms with van der Waals surface area (Å²) in [6, 6.07) is 6.57. The van der Waals surface area contributed by atoms with E-state index in [1.54, 1.807) is 38.1 Å². The first-order valence-electron chi connectivity index (χ1n) is 5.29. The van der Waals surface area contributed by atoms with Gasteiger partial charge in [0.1, 0.15) is 6.29 Å². The fourth-order valence-corrected chi connectivity index (χ4v) is 2.35. The van der Waals surface area contributed by atoms with E-state index in [-0.39, 0.29) is 11.4 Å². The third-order valence-electron chi connectivity index (χ3n) is 2.37. The molecule has 1 N–H and O–H groups in total. The maximum absolute atomic E-state index is 11.9. The average molecular weight is 255 g/mol. The average Bonchev–Trinajstić information content (AvgIpc) is 2.27. The van der Waals surface area contributed by atoms with Crippen molar-refractivity contribution in [2.45, 2.75) is 25.7 Å². The van der Waals surface area contributed by atoms with Gasteiger partial charge in [0.25, 0.3) is 0 Å². The summed E-state index contributed by atoms with van der Waals surface area (Å²) < 4.78 is 26.2. The molecule has 1 aromatic rings. The first kappa shape index (κ1) is 13.9. The van der Waals surface area contributed by atoms with Crippen molar-refractivity contribution in [2.75, 3.05) is 6.54 Å². The number of carbonyl (C=O) groups is 1. The summed E-state index contributed by atoms with van der Waals surface area (Å²) >= 11 is 0. The van der Waals surface area contributed by atoms with E-state index in [1.165, 1.54) is 0 Å². The lowest BCUT2D eigenvalue weighted by Crippen LogP contribution is -2.34. The highest BCUT2D eigenvalue weighted by Crippen LogP contribution is 2.13. The van der Waals surface area contributed by atoms with E-state index >= 15 is 0 Å². The third kappa shape index (κ3) is 3.94. The number of aldehydes is 1. The van der Waals surface area contributed by atoms with E-state index in [0.717, 1.165) is 11.8 Å². The predicted octanol–water partition coefficient (Wildman–Crippen LogP) is 1.50. The Morgan fingerprint density at radius 3 is 2.24 bits per heavy atom. The number of benzene rings is 1. The molecule has 4 nitrogen and oxygen atoms in total. The van der Waals surface area contributed by atoms with Crippen LogP contribution >= 0.6 is 0 Å². The third-order valence-corrected chi connectivity index (χ3v) is 3.79. The Bertz CT molecular complexity index is 489. The molecular weight excluding hydrogens is 238 g/mol. The van der Waals surface area contributed by atoms with Crippen LogP contribution in [0.1, 0.15) is 19.4 Å². The molecule has 0 amide bonds. The summed E-state index contributed by atoms with van der Waals surface area (Å²) in [6.45, 7) is 5.33. The molecule has 0 aliphatic carbocycles. The lowest BCUT2D eigenvalue weighted by Gasteiger charge is -2.17. The second kappa shape index (κ2) is 4.98. The van der Waals surface area contributed by atoms with Gasteiger partial charge in [0, 0.05) is 12.0 Å². The van der Waals surface area contributed by atoms with Gasteiger partial charge in [-0.05, 0) is 19.1 Å². The molecule has 1 aromatic carbocycles. The summed E-state index contributed by atoms with van der Waals surface area (Å²) in [5, 5.41) is 0. The number of nitrogens with one attached hydrogen (secondary N) is 1. The number of sulfonamides is 1. The predicted molar refractivity (Wildman–Crippen MR) is 66.2 cm³/mol. The summed E-state index contributed by atoms with van der Waals surface area (Å²) in [7, 11) is -3.53. The molecule has 0 bridgehead atoms. The molecule has 0 saturated carbocycles. The first-order chi connectivity index (χ1) is 7.77. The number of carbonyl (C=O) groups excluding carboxylic acids is 1. The molecule has 0 fully saturated rings. The molecule has 5 heteroatoms. The first-order valence-corrected chi connectivity index (χ1v) is 6.78. The molecule has 0 unspecified atom stereocenters. The Kier molecular flexibility index (Phi) is 4.06. The van der Waals surface area contributed by atoms with Crippen LogP contribution in [-0.2, 0) is 14.8 Å². The molecule has 1 rings (SSSR count). The Balaban J connectivity index is 2.83. The van der Waals surface area contributed by atoms with E-state index < -0.39 is 15.4 Å². The second-order valence-corrected chi connectivity index (χ2v) is 6.51. The topological polar surface area (TPSA) is 63.2 Å². The smallest absolute Gasteiger partial charge is 0.240 e. The summed E-state index contributed by atoms with van der Waals surface area (Å²) in [5.41, 5.74) is 0.301. The van der Waals surface area contributed by atoms with E-state index in [1.807, 2.05) is 6.92 Å². The number of hydrogen-bond donors (Lipinski definition) is 1. The van der Waals surface area contributed by atoms with Crippen LogP contribution in [0.4, 0.5) is 0 Å². The number of aryl methyl sites for hydroxylation is 1. The van der Waals surface area contributed by atoms with E-state index in [0.29, 0.717) is 0 Å². The monoisotopic (exact) mass is 255 g/mol. The van der Waals surface area contributed by atoms with Crippen LogP contribution in [0.15, 0.2) is 29.2 Å². The molecule has 0 aliphatic rings. The van der Waals surface area contributed by atoms with Crippen molar-refractivity contribution in [1.29, 1.82) is 0 Å². The van der Waals surface area contributed by atoms with Crippen LogP contribution in [-0.4, -0.2) is 21.2 Å². The Labute approximate surface area is 102 Å². The molecule has 0 aliphatic heterocycles. The summed E-state index contributed by atoms with van der Waals surface area (Å²) in [4.78, 5) is 10.9. The highest BCUT2D eigenvalue weighted by molar-refractivity contribution is 7.89. The van der Waals surface area contributed by atoms with Crippen LogP contribution in [0.3, 0.4) is 0 Å². The van der Waals surface area contributed by atoms with Crippen molar-refractivity contribution in [2.24, 2.45) is 5.41 Å². The zero-order valence-corrected chi connectivity index (χ0v) is 11.0. The molecule has 0 heterocycles. The van der Waals surface area contributed by atoms with Gasteiger partial charge >= 0.3 is 0 Å². The quantitative estimate of drug-likeness (QED) is 0.811. The van der Waals surface area contributed by atoms with Gasteiger partial charge in [-0.1, -0.05) is 31.5 Å². The lowest BCUT2D eigenvalue weighted by molar-refractivity contribution is -0.114. The van der Waals surface area contributed by atoms with Gasteiger partial charge in [-0.15, -0.1) is 0 Å². The molecular formula is C12H17NO3S. The van der Waals surface area contributed by atoms with Crippen LogP contribution in [0.2, 0.25) is 0 Å². The Morgan fingerprint density at radius 2 is 1.76 bits per heavy atom. The van der Waals surface area contributed by atoms with Gasteiger partial charge in [0.2, 0.25) is 10.0 Å². The van der Waals surface area contributed by atoms with Crippen molar-refractivity contribution in [3.05, 3.63) is 29.8 Å². The van der Waals surface area contributed by atoms with Crippen molar-refractivity contribution in [1.82, 2.24) is 4.72 Å². The van der Waals surface area contributed by atoms with Crippen LogP contribution in [0, 0.1) is 12.3 Å². The van der Waals surface area contributed by atoms with Crippen LogP contribution < -0.4 is 4.72 Å². The molecule has 0 atom stereocenters. The van der Waals surface area contributed by atoms with Crippen LogP contribution in [0.25, 0.3) is 0 Å². The van der Waals surface area contributed by atoms with Crippen molar-refractivity contribution in [3.63, 3.8) is 0 Å². The zero-order chi connectivity index (χ0) is 13.1. The largest absolute Gasteiger partial charge is 0.303 e. The van der Waals surface area contributed by atoms with Gasteiger partial charge in [-0.3, -0.25) is 0 Å². The molecule has 0 spiro atoms. The van der Waals surface area contributed by atoms with Gasteiger partial charge in [0.05, 0.1) is 4.90 Å².